The molecule has 0 unspecified atom stereocenters. The molecule has 0 bridgehead atoms. The fraction of sp³-hybridized carbons (Fsp3) is 0.292. The molecule has 0 radical (unpaired) electrons. The van der Waals surface area contributed by atoms with E-state index in [2.05, 4.69) is 9.97 Å². The molecule has 1 fully saturated rings. The highest BCUT2D eigenvalue weighted by molar-refractivity contribution is 5.78. The summed E-state index contributed by atoms with van der Waals surface area (Å²) in [5.74, 6) is 0.629. The van der Waals surface area contributed by atoms with Gasteiger partial charge in [0, 0.05) is 18.7 Å². The van der Waals surface area contributed by atoms with E-state index in [0.717, 1.165) is 11.1 Å². The Balaban J connectivity index is 1.45. The molecule has 8 heteroatoms. The van der Waals surface area contributed by atoms with Gasteiger partial charge >= 0.3 is 5.69 Å². The summed E-state index contributed by atoms with van der Waals surface area (Å²) in [7, 11) is 0. The fourth-order valence-electron chi connectivity index (χ4n) is 3.66. The first-order valence-electron chi connectivity index (χ1n) is 10.5. The number of benzene rings is 2. The molecule has 1 saturated heterocycles. The average molecular weight is 435 g/mol. The predicted molar refractivity (Wildman–Crippen MR) is 119 cm³/mol. The van der Waals surface area contributed by atoms with Crippen LogP contribution in [0.1, 0.15) is 18.4 Å². The number of nitrogens with zero attached hydrogens (tertiary/aromatic N) is 2. The first kappa shape index (κ1) is 21.6. The van der Waals surface area contributed by atoms with E-state index < -0.39 is 5.69 Å². The van der Waals surface area contributed by atoms with Crippen molar-refractivity contribution in [2.45, 2.75) is 25.9 Å². The molecule has 0 aliphatic carbocycles. The van der Waals surface area contributed by atoms with Crippen molar-refractivity contribution in [2.75, 3.05) is 19.7 Å². The summed E-state index contributed by atoms with van der Waals surface area (Å²) in [5, 5.41) is 19.3. The number of phenolic OH excluding ortho intramolecular Hbond substituents is 1. The van der Waals surface area contributed by atoms with Gasteiger partial charge in [-0.1, -0.05) is 0 Å². The molecule has 1 aromatic heterocycles. The number of rotatable bonds is 5. The Morgan fingerprint density at radius 2 is 1.81 bits per heavy atom. The van der Waals surface area contributed by atoms with Crippen LogP contribution in [-0.4, -0.2) is 56.8 Å². The van der Waals surface area contributed by atoms with Crippen LogP contribution in [0.4, 0.5) is 0 Å². The number of hydrogen-bond acceptors (Lipinski definition) is 6. The molecule has 2 aromatic carbocycles. The largest absolute Gasteiger partial charge is 0.508 e. The highest BCUT2D eigenvalue weighted by Gasteiger charge is 2.21. The monoisotopic (exact) mass is 435 g/mol. The third kappa shape index (κ3) is 4.97. The van der Waals surface area contributed by atoms with Gasteiger partial charge in [-0.25, -0.2) is 4.79 Å². The SMILES string of the molecule is Cc1cc(-c2cc(-c3ccc(OCC(=O)N4CCC(O)CC4)cc3)[nH]c(=O)n2)ccc1O. The van der Waals surface area contributed by atoms with Crippen LogP contribution in [0.3, 0.4) is 0 Å². The number of ether oxygens (including phenoxy) is 1. The van der Waals surface area contributed by atoms with Crippen molar-refractivity contribution in [3.05, 3.63) is 64.6 Å². The van der Waals surface area contributed by atoms with Crippen LogP contribution in [0.15, 0.2) is 53.3 Å². The first-order chi connectivity index (χ1) is 15.4. The summed E-state index contributed by atoms with van der Waals surface area (Å²) in [5.41, 5.74) is 2.83. The summed E-state index contributed by atoms with van der Waals surface area (Å²) < 4.78 is 5.62. The van der Waals surface area contributed by atoms with Gasteiger partial charge < -0.3 is 24.8 Å². The number of H-pyrrole nitrogens is 1. The Morgan fingerprint density at radius 3 is 2.50 bits per heavy atom. The highest BCUT2D eigenvalue weighted by atomic mass is 16.5. The van der Waals surface area contributed by atoms with Crippen LogP contribution < -0.4 is 10.4 Å². The van der Waals surface area contributed by atoms with E-state index in [1.54, 1.807) is 60.4 Å². The molecule has 3 aromatic rings. The number of aromatic nitrogens is 2. The van der Waals surface area contributed by atoms with Gasteiger partial charge in [-0.2, -0.15) is 4.98 Å². The summed E-state index contributed by atoms with van der Waals surface area (Å²) >= 11 is 0. The van der Waals surface area contributed by atoms with E-state index in [1.165, 1.54) is 0 Å². The second-order valence-electron chi connectivity index (χ2n) is 7.91. The van der Waals surface area contributed by atoms with Gasteiger partial charge in [0.25, 0.3) is 5.91 Å². The van der Waals surface area contributed by atoms with Crippen molar-refractivity contribution < 1.29 is 19.7 Å². The van der Waals surface area contributed by atoms with Crippen LogP contribution in [-0.2, 0) is 4.79 Å². The molecule has 32 heavy (non-hydrogen) atoms. The lowest BCUT2D eigenvalue weighted by Gasteiger charge is -2.29. The lowest BCUT2D eigenvalue weighted by molar-refractivity contribution is -0.135. The molecule has 4 rings (SSSR count). The number of carbonyl (C=O) groups excluding carboxylic acids is 1. The Kier molecular flexibility index (Phi) is 6.23. The van der Waals surface area contributed by atoms with E-state index in [0.29, 0.717) is 48.6 Å². The molecule has 0 saturated carbocycles. The maximum Gasteiger partial charge on any atom is 0.345 e. The number of aromatic hydroxyl groups is 1. The van der Waals surface area contributed by atoms with E-state index >= 15 is 0 Å². The zero-order valence-corrected chi connectivity index (χ0v) is 17.7. The molecular weight excluding hydrogens is 410 g/mol. The van der Waals surface area contributed by atoms with Gasteiger partial charge in [0.2, 0.25) is 0 Å². The number of phenols is 1. The number of piperidine rings is 1. The van der Waals surface area contributed by atoms with E-state index in [1.807, 2.05) is 0 Å². The van der Waals surface area contributed by atoms with Gasteiger partial charge in [-0.3, -0.25) is 4.79 Å². The Labute approximate surface area is 185 Å². The van der Waals surface area contributed by atoms with Gasteiger partial charge in [0.15, 0.2) is 6.61 Å². The van der Waals surface area contributed by atoms with Gasteiger partial charge in [0.1, 0.15) is 11.5 Å². The molecule has 166 valence electrons. The second-order valence-corrected chi connectivity index (χ2v) is 7.91. The van der Waals surface area contributed by atoms with Crippen molar-refractivity contribution in [1.82, 2.24) is 14.9 Å². The van der Waals surface area contributed by atoms with Crippen molar-refractivity contribution in [3.8, 4) is 34.0 Å². The zero-order chi connectivity index (χ0) is 22.7. The molecule has 8 nitrogen and oxygen atoms in total. The van der Waals surface area contributed by atoms with Crippen LogP contribution in [0.5, 0.6) is 11.5 Å². The molecule has 0 atom stereocenters. The number of nitrogens with one attached hydrogen (secondary N) is 1. The number of aromatic amines is 1. The summed E-state index contributed by atoms with van der Waals surface area (Å²) in [6.07, 6.45) is 0.859. The Morgan fingerprint density at radius 1 is 1.12 bits per heavy atom. The minimum Gasteiger partial charge on any atom is -0.508 e. The number of aliphatic hydroxyl groups is 1. The van der Waals surface area contributed by atoms with Crippen LogP contribution in [0.25, 0.3) is 22.5 Å². The van der Waals surface area contributed by atoms with Crippen molar-refractivity contribution in [3.63, 3.8) is 0 Å². The third-order valence-electron chi connectivity index (χ3n) is 5.58. The molecule has 3 N–H and O–H groups in total. The lowest BCUT2D eigenvalue weighted by atomic mass is 10.1. The minimum absolute atomic E-state index is 0.0636. The average Bonchev–Trinajstić information content (AvgIpc) is 2.79. The molecule has 1 amide bonds. The summed E-state index contributed by atoms with van der Waals surface area (Å²) in [6, 6.07) is 13.9. The van der Waals surface area contributed by atoms with Crippen molar-refractivity contribution in [2.24, 2.45) is 0 Å². The number of likely N-dealkylation sites (tertiary alicyclic amines) is 1. The smallest absolute Gasteiger partial charge is 0.345 e. The Hall–Kier alpha value is -3.65. The quantitative estimate of drug-likeness (QED) is 0.567. The number of carbonyl (C=O) groups is 1. The first-order valence-corrected chi connectivity index (χ1v) is 10.5. The number of aliphatic hydroxyl groups excluding tert-OH is 1. The van der Waals surface area contributed by atoms with E-state index in [9.17, 15) is 19.8 Å². The number of aryl methyl sites for hydroxylation is 1. The molecule has 0 spiro atoms. The van der Waals surface area contributed by atoms with Crippen LogP contribution in [0, 0.1) is 6.92 Å². The maximum absolute atomic E-state index is 12.3. The molecule has 1 aliphatic rings. The Bertz CT molecular complexity index is 1160. The maximum atomic E-state index is 12.3. The van der Waals surface area contributed by atoms with Crippen molar-refractivity contribution in [1.29, 1.82) is 0 Å². The molecule has 2 heterocycles. The standard InChI is InChI=1S/C24H25N3O5/c1-15-12-17(4-7-22(15)29)21-13-20(25-24(31)26-21)16-2-5-19(6-3-16)32-14-23(30)27-10-8-18(28)9-11-27/h2-7,12-13,18,28-29H,8-11,14H2,1H3,(H,25,26,31). The lowest BCUT2D eigenvalue weighted by Crippen LogP contribution is -2.42. The zero-order valence-electron chi connectivity index (χ0n) is 17.7. The van der Waals surface area contributed by atoms with Crippen LogP contribution >= 0.6 is 0 Å². The topological polar surface area (TPSA) is 116 Å². The third-order valence-corrected chi connectivity index (χ3v) is 5.58. The number of hydrogen-bond donors (Lipinski definition) is 3. The normalized spacial score (nSPS) is 14.4. The molecule has 1 aliphatic heterocycles. The molecular formula is C24H25N3O5. The minimum atomic E-state index is -0.471. The van der Waals surface area contributed by atoms with Crippen LogP contribution in [0.2, 0.25) is 0 Å². The second kappa shape index (κ2) is 9.23. The van der Waals surface area contributed by atoms with Crippen molar-refractivity contribution >= 4 is 5.91 Å². The van der Waals surface area contributed by atoms with Gasteiger partial charge in [-0.05, 0) is 79.4 Å². The highest BCUT2D eigenvalue weighted by Crippen LogP contribution is 2.26. The fourth-order valence-corrected chi connectivity index (χ4v) is 3.66. The van der Waals surface area contributed by atoms with E-state index in [4.69, 9.17) is 4.74 Å². The van der Waals surface area contributed by atoms with Gasteiger partial charge in [0.05, 0.1) is 17.5 Å². The summed E-state index contributed by atoms with van der Waals surface area (Å²) in [6.45, 7) is 2.80. The van der Waals surface area contributed by atoms with Gasteiger partial charge in [-0.15, -0.1) is 0 Å². The van der Waals surface area contributed by atoms with E-state index in [-0.39, 0.29) is 24.4 Å². The summed E-state index contributed by atoms with van der Waals surface area (Å²) in [4.78, 5) is 32.9. The predicted octanol–water partition coefficient (Wildman–Crippen LogP) is 2.48. The number of amides is 1.